The highest BCUT2D eigenvalue weighted by Gasteiger charge is 2.14. The molecule has 1 aliphatic rings. The number of nitrogens with one attached hydrogen (secondary N) is 1. The lowest BCUT2D eigenvalue weighted by Crippen LogP contribution is -2.28. The highest BCUT2D eigenvalue weighted by Crippen LogP contribution is 2.32. The topological polar surface area (TPSA) is 126 Å². The van der Waals surface area contributed by atoms with Crippen LogP contribution in [-0.2, 0) is 11.3 Å². The number of aromatic nitrogens is 2. The van der Waals surface area contributed by atoms with E-state index < -0.39 is 16.4 Å². The average molecular weight is 382 g/mol. The highest BCUT2D eigenvalue weighted by atomic mass is 16.6. The van der Waals surface area contributed by atoms with Crippen molar-refractivity contribution >= 4 is 28.2 Å². The van der Waals surface area contributed by atoms with E-state index in [1.54, 1.807) is 18.2 Å². The monoisotopic (exact) mass is 382 g/mol. The molecule has 10 heteroatoms. The molecule has 1 amide bonds. The maximum absolute atomic E-state index is 12.5. The van der Waals surface area contributed by atoms with E-state index in [4.69, 9.17) is 9.47 Å². The molecule has 0 fully saturated rings. The first-order valence-corrected chi connectivity index (χ1v) is 8.34. The van der Waals surface area contributed by atoms with E-state index in [1.807, 2.05) is 0 Å². The molecule has 28 heavy (non-hydrogen) atoms. The van der Waals surface area contributed by atoms with Gasteiger partial charge in [-0.15, -0.1) is 0 Å². The van der Waals surface area contributed by atoms with Crippen LogP contribution in [0.2, 0.25) is 0 Å². The summed E-state index contributed by atoms with van der Waals surface area (Å²) in [5.74, 6) is 0.713. The van der Waals surface area contributed by atoms with Gasteiger partial charge in [-0.25, -0.2) is 4.98 Å². The number of nitro groups is 1. The zero-order chi connectivity index (χ0) is 19.7. The summed E-state index contributed by atoms with van der Waals surface area (Å²) >= 11 is 0. The normalized spacial score (nSPS) is 12.6. The fourth-order valence-corrected chi connectivity index (χ4v) is 2.85. The summed E-state index contributed by atoms with van der Waals surface area (Å²) in [5.41, 5.74) is 0.0834. The Morgan fingerprint density at radius 1 is 1.18 bits per heavy atom. The fourth-order valence-electron chi connectivity index (χ4n) is 2.85. The predicted molar refractivity (Wildman–Crippen MR) is 98.7 cm³/mol. The number of carbonyl (C=O) groups excluding carboxylic acids is 1. The summed E-state index contributed by atoms with van der Waals surface area (Å²) in [4.78, 5) is 39.2. The Bertz CT molecular complexity index is 1160. The second-order valence-electron chi connectivity index (χ2n) is 6.04. The maximum atomic E-state index is 12.5. The molecule has 0 unspecified atom stereocenters. The van der Waals surface area contributed by atoms with E-state index in [-0.39, 0.29) is 23.1 Å². The molecule has 2 aromatic carbocycles. The van der Waals surface area contributed by atoms with Gasteiger partial charge in [0, 0.05) is 23.9 Å². The minimum Gasteiger partial charge on any atom is -0.486 e. The van der Waals surface area contributed by atoms with Gasteiger partial charge in [-0.05, 0) is 18.2 Å². The third kappa shape index (κ3) is 3.34. The number of non-ortho nitro benzene ring substituents is 1. The van der Waals surface area contributed by atoms with Crippen LogP contribution in [0.1, 0.15) is 0 Å². The number of rotatable bonds is 4. The molecular formula is C18H14N4O6. The minimum atomic E-state index is -0.562. The van der Waals surface area contributed by atoms with E-state index >= 15 is 0 Å². The van der Waals surface area contributed by atoms with Gasteiger partial charge in [-0.2, -0.15) is 0 Å². The van der Waals surface area contributed by atoms with Crippen LogP contribution in [0.4, 0.5) is 11.4 Å². The van der Waals surface area contributed by atoms with Crippen molar-refractivity contribution in [2.24, 2.45) is 0 Å². The van der Waals surface area contributed by atoms with Crippen molar-refractivity contribution in [3.8, 4) is 11.5 Å². The van der Waals surface area contributed by atoms with Crippen LogP contribution in [0.3, 0.4) is 0 Å². The van der Waals surface area contributed by atoms with Gasteiger partial charge in [0.05, 0.1) is 22.2 Å². The standard InChI is InChI=1S/C18H14N4O6/c23-17(20-11-1-4-15-16(7-11)28-6-5-27-15)9-21-10-19-14-8-12(22(25)26)2-3-13(14)18(21)24/h1-4,7-8,10H,5-6,9H2,(H,20,23). The Labute approximate surface area is 157 Å². The van der Waals surface area contributed by atoms with Gasteiger partial charge in [0.1, 0.15) is 19.8 Å². The largest absolute Gasteiger partial charge is 0.486 e. The van der Waals surface area contributed by atoms with E-state index in [1.165, 1.54) is 24.5 Å². The molecule has 0 radical (unpaired) electrons. The number of nitrogens with zero attached hydrogens (tertiary/aromatic N) is 3. The van der Waals surface area contributed by atoms with Crippen LogP contribution < -0.4 is 20.3 Å². The number of carbonyl (C=O) groups is 1. The first-order chi connectivity index (χ1) is 13.5. The number of amides is 1. The molecule has 2 heterocycles. The summed E-state index contributed by atoms with van der Waals surface area (Å²) < 4.78 is 12.0. The van der Waals surface area contributed by atoms with E-state index in [0.717, 1.165) is 4.57 Å². The second kappa shape index (κ2) is 6.99. The van der Waals surface area contributed by atoms with E-state index in [9.17, 15) is 19.7 Å². The second-order valence-corrected chi connectivity index (χ2v) is 6.04. The third-order valence-electron chi connectivity index (χ3n) is 4.16. The molecule has 4 rings (SSSR count). The van der Waals surface area contributed by atoms with Crippen molar-refractivity contribution in [3.63, 3.8) is 0 Å². The van der Waals surface area contributed by atoms with Gasteiger partial charge < -0.3 is 14.8 Å². The van der Waals surface area contributed by atoms with Crippen molar-refractivity contribution in [2.75, 3.05) is 18.5 Å². The molecule has 0 spiro atoms. The quantitative estimate of drug-likeness (QED) is 0.538. The zero-order valence-corrected chi connectivity index (χ0v) is 14.5. The fraction of sp³-hybridized carbons (Fsp3) is 0.167. The molecule has 1 aliphatic heterocycles. The molecule has 0 atom stereocenters. The Hall–Kier alpha value is -3.95. The Morgan fingerprint density at radius 2 is 1.96 bits per heavy atom. The van der Waals surface area contributed by atoms with Gasteiger partial charge in [0.25, 0.3) is 11.2 Å². The molecule has 142 valence electrons. The molecule has 1 N–H and O–H groups in total. The summed E-state index contributed by atoms with van der Waals surface area (Å²) in [6.45, 7) is 0.646. The number of ether oxygens (including phenoxy) is 2. The lowest BCUT2D eigenvalue weighted by Gasteiger charge is -2.19. The summed E-state index contributed by atoms with van der Waals surface area (Å²) in [6, 6.07) is 8.79. The van der Waals surface area contributed by atoms with Crippen molar-refractivity contribution in [3.05, 3.63) is 63.2 Å². The van der Waals surface area contributed by atoms with Crippen molar-refractivity contribution in [1.29, 1.82) is 0 Å². The third-order valence-corrected chi connectivity index (χ3v) is 4.16. The van der Waals surface area contributed by atoms with Crippen molar-refractivity contribution < 1.29 is 19.2 Å². The van der Waals surface area contributed by atoms with Gasteiger partial charge >= 0.3 is 0 Å². The molecule has 0 aliphatic carbocycles. The smallest absolute Gasteiger partial charge is 0.271 e. The number of hydrogen-bond donors (Lipinski definition) is 1. The first kappa shape index (κ1) is 17.5. The lowest BCUT2D eigenvalue weighted by atomic mass is 10.2. The summed E-state index contributed by atoms with van der Waals surface area (Å²) in [6.07, 6.45) is 1.19. The summed E-state index contributed by atoms with van der Waals surface area (Å²) in [5, 5.41) is 13.7. The van der Waals surface area contributed by atoms with Gasteiger partial charge in [-0.1, -0.05) is 0 Å². The van der Waals surface area contributed by atoms with E-state index in [2.05, 4.69) is 10.3 Å². The molecule has 10 nitrogen and oxygen atoms in total. The van der Waals surface area contributed by atoms with Crippen LogP contribution in [0, 0.1) is 10.1 Å². The lowest BCUT2D eigenvalue weighted by molar-refractivity contribution is -0.384. The van der Waals surface area contributed by atoms with Crippen molar-refractivity contribution in [2.45, 2.75) is 6.54 Å². The van der Waals surface area contributed by atoms with Crippen LogP contribution in [0.25, 0.3) is 10.9 Å². The molecule has 0 saturated carbocycles. The van der Waals surface area contributed by atoms with Crippen LogP contribution in [0.5, 0.6) is 11.5 Å². The number of anilines is 1. The molecule has 1 aromatic heterocycles. The Kier molecular flexibility index (Phi) is 4.36. The van der Waals surface area contributed by atoms with Crippen LogP contribution in [0.15, 0.2) is 47.5 Å². The summed E-state index contributed by atoms with van der Waals surface area (Å²) in [7, 11) is 0. The first-order valence-electron chi connectivity index (χ1n) is 8.34. The van der Waals surface area contributed by atoms with Gasteiger partial charge in [0.2, 0.25) is 5.91 Å². The van der Waals surface area contributed by atoms with Crippen LogP contribution >= 0.6 is 0 Å². The highest BCUT2D eigenvalue weighted by molar-refractivity contribution is 5.91. The average Bonchev–Trinajstić information content (AvgIpc) is 2.69. The maximum Gasteiger partial charge on any atom is 0.271 e. The molecule has 0 bridgehead atoms. The van der Waals surface area contributed by atoms with Crippen LogP contribution in [-0.4, -0.2) is 33.6 Å². The number of benzene rings is 2. The van der Waals surface area contributed by atoms with Gasteiger partial charge in [-0.3, -0.25) is 24.3 Å². The Morgan fingerprint density at radius 3 is 2.75 bits per heavy atom. The molecule has 0 saturated heterocycles. The van der Waals surface area contributed by atoms with E-state index in [0.29, 0.717) is 30.4 Å². The minimum absolute atomic E-state index is 0.159. The number of fused-ring (bicyclic) bond motifs is 2. The SMILES string of the molecule is O=C(Cn1cnc2cc([N+](=O)[O-])ccc2c1=O)Nc1ccc2c(c1)OCCO2. The number of hydrogen-bond acceptors (Lipinski definition) is 7. The molecule has 3 aromatic rings. The molecular weight excluding hydrogens is 368 g/mol. The zero-order valence-electron chi connectivity index (χ0n) is 14.5. The van der Waals surface area contributed by atoms with Crippen molar-refractivity contribution in [1.82, 2.24) is 9.55 Å². The Balaban J connectivity index is 1.53. The predicted octanol–water partition coefficient (Wildman–Crippen LogP) is 1.71. The van der Waals surface area contributed by atoms with Gasteiger partial charge in [0.15, 0.2) is 11.5 Å². The number of nitro benzene ring substituents is 1.